The minimum atomic E-state index is -0.121. The summed E-state index contributed by atoms with van der Waals surface area (Å²) in [6, 6.07) is 7.80. The minimum absolute atomic E-state index is 0.121. The molecule has 1 aromatic carbocycles. The summed E-state index contributed by atoms with van der Waals surface area (Å²) in [5.41, 5.74) is 1.87. The normalized spacial score (nSPS) is 10.5. The van der Waals surface area contributed by atoms with Crippen molar-refractivity contribution >= 4 is 12.6 Å². The van der Waals surface area contributed by atoms with E-state index in [-0.39, 0.29) is 5.56 Å². The van der Waals surface area contributed by atoms with Gasteiger partial charge in [-0.05, 0) is 19.1 Å². The molecular formula is C13H14N2OS. The van der Waals surface area contributed by atoms with Crippen molar-refractivity contribution in [2.45, 2.75) is 25.2 Å². The first-order valence-corrected chi connectivity index (χ1v) is 5.95. The van der Waals surface area contributed by atoms with Crippen molar-refractivity contribution < 1.29 is 0 Å². The van der Waals surface area contributed by atoms with Crippen LogP contribution in [0, 0.1) is 6.92 Å². The molecule has 0 radical (unpaired) electrons. The summed E-state index contributed by atoms with van der Waals surface area (Å²) in [5, 5.41) is 0. The summed E-state index contributed by atoms with van der Waals surface area (Å²) in [5.74, 6) is 0.747. The van der Waals surface area contributed by atoms with Gasteiger partial charge in [0.25, 0.3) is 5.56 Å². The van der Waals surface area contributed by atoms with E-state index in [2.05, 4.69) is 17.6 Å². The summed E-state index contributed by atoms with van der Waals surface area (Å²) >= 11 is 4.13. The predicted octanol–water partition coefficient (Wildman–Crippen LogP) is 2.39. The molecule has 0 bridgehead atoms. The first kappa shape index (κ1) is 11.9. The zero-order chi connectivity index (χ0) is 12.4. The van der Waals surface area contributed by atoms with Crippen LogP contribution in [0.3, 0.4) is 0 Å². The van der Waals surface area contributed by atoms with Crippen molar-refractivity contribution in [1.29, 1.82) is 0 Å². The van der Waals surface area contributed by atoms with Crippen molar-refractivity contribution in [2.24, 2.45) is 0 Å². The Balaban J connectivity index is 2.69. The van der Waals surface area contributed by atoms with E-state index in [1.807, 2.05) is 38.1 Å². The average Bonchev–Trinajstić information content (AvgIpc) is 2.34. The molecule has 0 aliphatic heterocycles. The monoisotopic (exact) mass is 246 g/mol. The molecule has 0 saturated heterocycles. The largest absolute Gasteiger partial charge is 0.271 e. The molecule has 0 unspecified atom stereocenters. The Labute approximate surface area is 106 Å². The van der Waals surface area contributed by atoms with Gasteiger partial charge in [0.15, 0.2) is 0 Å². The molecule has 0 atom stereocenters. The van der Waals surface area contributed by atoms with Gasteiger partial charge >= 0.3 is 0 Å². The van der Waals surface area contributed by atoms with Gasteiger partial charge in [-0.15, -0.1) is 12.6 Å². The van der Waals surface area contributed by atoms with Gasteiger partial charge in [-0.2, -0.15) is 0 Å². The quantitative estimate of drug-likeness (QED) is 0.826. The van der Waals surface area contributed by atoms with E-state index in [0.29, 0.717) is 11.3 Å². The molecule has 0 spiro atoms. The molecule has 2 aromatic rings. The molecule has 2 rings (SSSR count). The third-order valence-electron chi connectivity index (χ3n) is 2.62. The van der Waals surface area contributed by atoms with E-state index < -0.39 is 0 Å². The molecular weight excluding hydrogens is 232 g/mol. The molecule has 17 heavy (non-hydrogen) atoms. The van der Waals surface area contributed by atoms with Crippen LogP contribution in [-0.2, 0) is 6.42 Å². The second kappa shape index (κ2) is 4.75. The number of benzene rings is 1. The van der Waals surface area contributed by atoms with Crippen LogP contribution in [0.5, 0.6) is 0 Å². The van der Waals surface area contributed by atoms with Gasteiger partial charge in [-0.3, -0.25) is 9.36 Å². The zero-order valence-corrected chi connectivity index (χ0v) is 10.7. The summed E-state index contributed by atoms with van der Waals surface area (Å²) in [6.45, 7) is 3.99. The van der Waals surface area contributed by atoms with Gasteiger partial charge in [-0.25, -0.2) is 4.98 Å². The fraction of sp³-hybridized carbons (Fsp3) is 0.231. The summed E-state index contributed by atoms with van der Waals surface area (Å²) < 4.78 is 1.61. The summed E-state index contributed by atoms with van der Waals surface area (Å²) in [4.78, 5) is 16.7. The number of aromatic nitrogens is 2. The van der Waals surface area contributed by atoms with Crippen molar-refractivity contribution in [3.8, 4) is 5.69 Å². The number of nitrogens with zero attached hydrogens (tertiary/aromatic N) is 2. The van der Waals surface area contributed by atoms with Gasteiger partial charge in [-0.1, -0.05) is 24.6 Å². The molecule has 0 saturated carbocycles. The van der Waals surface area contributed by atoms with Crippen LogP contribution in [-0.4, -0.2) is 9.55 Å². The fourth-order valence-electron chi connectivity index (χ4n) is 1.69. The molecule has 0 aliphatic carbocycles. The summed E-state index contributed by atoms with van der Waals surface area (Å²) in [6.07, 6.45) is 2.21. The van der Waals surface area contributed by atoms with Crippen molar-refractivity contribution in [3.63, 3.8) is 0 Å². The molecule has 4 heteroatoms. The number of aryl methyl sites for hydroxylation is 2. The third kappa shape index (κ3) is 2.26. The maximum atomic E-state index is 12.1. The highest BCUT2D eigenvalue weighted by Gasteiger charge is 2.08. The number of thiol groups is 1. The Morgan fingerprint density at radius 2 is 1.94 bits per heavy atom. The lowest BCUT2D eigenvalue weighted by molar-refractivity contribution is 0.788. The third-order valence-corrected chi connectivity index (χ3v) is 2.93. The summed E-state index contributed by atoms with van der Waals surface area (Å²) in [7, 11) is 0. The van der Waals surface area contributed by atoms with Crippen LogP contribution >= 0.6 is 12.6 Å². The molecule has 0 fully saturated rings. The molecule has 3 nitrogen and oxygen atoms in total. The fourth-order valence-corrected chi connectivity index (χ4v) is 1.85. The second-order valence-corrected chi connectivity index (χ2v) is 4.37. The van der Waals surface area contributed by atoms with Crippen LogP contribution in [0.2, 0.25) is 0 Å². The van der Waals surface area contributed by atoms with Crippen molar-refractivity contribution in [3.05, 3.63) is 52.2 Å². The van der Waals surface area contributed by atoms with E-state index in [1.54, 1.807) is 4.57 Å². The molecule has 88 valence electrons. The van der Waals surface area contributed by atoms with E-state index >= 15 is 0 Å². The van der Waals surface area contributed by atoms with E-state index in [9.17, 15) is 4.79 Å². The molecule has 1 heterocycles. The van der Waals surface area contributed by atoms with Gasteiger partial charge < -0.3 is 0 Å². The van der Waals surface area contributed by atoms with E-state index in [4.69, 9.17) is 0 Å². The molecule has 0 amide bonds. The molecule has 1 aromatic heterocycles. The van der Waals surface area contributed by atoms with Gasteiger partial charge in [0.05, 0.1) is 10.6 Å². The molecule has 0 N–H and O–H groups in total. The van der Waals surface area contributed by atoms with Crippen LogP contribution in [0.4, 0.5) is 0 Å². The maximum absolute atomic E-state index is 12.1. The van der Waals surface area contributed by atoms with E-state index in [0.717, 1.165) is 17.1 Å². The standard InChI is InChI=1S/C13H14N2OS/c1-3-12-14-8-11(17)13(16)15(12)10-6-4-9(2)5-7-10/h4-8,17H,3H2,1-2H3. The highest BCUT2D eigenvalue weighted by Crippen LogP contribution is 2.10. The lowest BCUT2D eigenvalue weighted by Gasteiger charge is -2.11. The van der Waals surface area contributed by atoms with Crippen LogP contribution in [0.15, 0.2) is 40.2 Å². The minimum Gasteiger partial charge on any atom is -0.268 e. The highest BCUT2D eigenvalue weighted by molar-refractivity contribution is 7.80. The SMILES string of the molecule is CCc1ncc(S)c(=O)n1-c1ccc(C)cc1. The number of rotatable bonds is 2. The Morgan fingerprint density at radius 1 is 1.29 bits per heavy atom. The second-order valence-electron chi connectivity index (χ2n) is 3.89. The van der Waals surface area contributed by atoms with Crippen molar-refractivity contribution in [2.75, 3.05) is 0 Å². The van der Waals surface area contributed by atoms with Crippen LogP contribution in [0.25, 0.3) is 5.69 Å². The lowest BCUT2D eigenvalue weighted by Crippen LogP contribution is -2.23. The Bertz CT molecular complexity index is 587. The number of hydrogen-bond acceptors (Lipinski definition) is 3. The predicted molar refractivity (Wildman–Crippen MR) is 71.2 cm³/mol. The average molecular weight is 246 g/mol. The topological polar surface area (TPSA) is 34.9 Å². The first-order chi connectivity index (χ1) is 8.13. The maximum Gasteiger partial charge on any atom is 0.271 e. The molecule has 0 aliphatic rings. The Morgan fingerprint density at radius 3 is 2.53 bits per heavy atom. The first-order valence-electron chi connectivity index (χ1n) is 5.50. The smallest absolute Gasteiger partial charge is 0.268 e. The lowest BCUT2D eigenvalue weighted by atomic mass is 10.2. The van der Waals surface area contributed by atoms with Crippen LogP contribution in [0.1, 0.15) is 18.3 Å². The zero-order valence-electron chi connectivity index (χ0n) is 9.84. The van der Waals surface area contributed by atoms with Crippen molar-refractivity contribution in [1.82, 2.24) is 9.55 Å². The van der Waals surface area contributed by atoms with Crippen LogP contribution < -0.4 is 5.56 Å². The number of hydrogen-bond donors (Lipinski definition) is 1. The van der Waals surface area contributed by atoms with Gasteiger partial charge in [0, 0.05) is 12.6 Å². The Hall–Kier alpha value is -1.55. The van der Waals surface area contributed by atoms with Gasteiger partial charge in [0.1, 0.15) is 5.82 Å². The van der Waals surface area contributed by atoms with Gasteiger partial charge in [0.2, 0.25) is 0 Å². The van der Waals surface area contributed by atoms with E-state index in [1.165, 1.54) is 6.20 Å². The Kier molecular flexibility index (Phi) is 3.33. The highest BCUT2D eigenvalue weighted by atomic mass is 32.1.